The van der Waals surface area contributed by atoms with E-state index in [1.54, 1.807) is 7.11 Å². The summed E-state index contributed by atoms with van der Waals surface area (Å²) in [5, 5.41) is 10.3. The van der Waals surface area contributed by atoms with E-state index in [2.05, 4.69) is 0 Å². The maximum absolute atomic E-state index is 13.4. The number of sulfonamides is 1. The standard InChI is InChI=1S/C21H27FN2O5S/c1-28-21-8-3-2-5-17(21)15-29-16-19(25)14-23-9-11-24(12-10-23)30(26,27)20-7-4-6-18(22)13-20/h2-8,13,19,25H,9-12,14-16H2,1H3/t19-/m0/s1. The lowest BCUT2D eigenvalue weighted by Gasteiger charge is -2.34. The Hall–Kier alpha value is -2.04. The van der Waals surface area contributed by atoms with E-state index in [9.17, 15) is 17.9 Å². The highest BCUT2D eigenvalue weighted by molar-refractivity contribution is 7.89. The molecule has 0 amide bonds. The predicted octanol–water partition coefficient (Wildman–Crippen LogP) is 1.72. The first-order valence-corrected chi connectivity index (χ1v) is 11.2. The van der Waals surface area contributed by atoms with Gasteiger partial charge in [0.25, 0.3) is 0 Å². The van der Waals surface area contributed by atoms with Crippen molar-refractivity contribution in [2.45, 2.75) is 17.6 Å². The highest BCUT2D eigenvalue weighted by Crippen LogP contribution is 2.19. The zero-order valence-corrected chi connectivity index (χ0v) is 17.7. The second kappa shape index (κ2) is 10.3. The molecule has 1 aliphatic heterocycles. The third-order valence-corrected chi connectivity index (χ3v) is 6.89. The van der Waals surface area contributed by atoms with Crippen LogP contribution in [-0.4, -0.2) is 75.3 Å². The molecule has 1 N–H and O–H groups in total. The molecule has 0 spiro atoms. The molecular weight excluding hydrogens is 411 g/mol. The molecular formula is C21H27FN2O5S. The number of piperazine rings is 1. The van der Waals surface area contributed by atoms with E-state index < -0.39 is 21.9 Å². The Balaban J connectivity index is 1.44. The van der Waals surface area contributed by atoms with Gasteiger partial charge in [-0.2, -0.15) is 4.31 Å². The largest absolute Gasteiger partial charge is 0.496 e. The highest BCUT2D eigenvalue weighted by Gasteiger charge is 2.29. The van der Waals surface area contributed by atoms with Gasteiger partial charge in [0.05, 0.1) is 31.3 Å². The SMILES string of the molecule is COc1ccccc1COC[C@@H](O)CN1CCN(S(=O)(=O)c2cccc(F)c2)CC1. The lowest BCUT2D eigenvalue weighted by molar-refractivity contribution is 0.00494. The van der Waals surface area contributed by atoms with E-state index in [4.69, 9.17) is 9.47 Å². The van der Waals surface area contributed by atoms with Gasteiger partial charge in [0, 0.05) is 38.3 Å². The molecule has 1 saturated heterocycles. The van der Waals surface area contributed by atoms with Crippen LogP contribution in [0.5, 0.6) is 5.75 Å². The first kappa shape index (κ1) is 22.6. The molecule has 1 fully saturated rings. The summed E-state index contributed by atoms with van der Waals surface area (Å²) in [5.41, 5.74) is 0.906. The van der Waals surface area contributed by atoms with Crippen molar-refractivity contribution in [2.24, 2.45) is 0 Å². The molecule has 2 aromatic rings. The van der Waals surface area contributed by atoms with Crippen LogP contribution in [0.4, 0.5) is 4.39 Å². The smallest absolute Gasteiger partial charge is 0.243 e. The Labute approximate surface area is 176 Å². The molecule has 0 unspecified atom stereocenters. The number of β-amino-alcohol motifs (C(OH)–C–C–N with tert-alkyl or cyclic N) is 1. The molecule has 0 aromatic heterocycles. The second-order valence-electron chi connectivity index (χ2n) is 7.14. The Morgan fingerprint density at radius 1 is 1.10 bits per heavy atom. The van der Waals surface area contributed by atoms with Crippen molar-refractivity contribution in [3.05, 3.63) is 59.9 Å². The Bertz CT molecular complexity index is 932. The van der Waals surface area contributed by atoms with E-state index in [0.717, 1.165) is 17.4 Å². The minimum absolute atomic E-state index is 0.0410. The summed E-state index contributed by atoms with van der Waals surface area (Å²) < 4.78 is 50.9. The fraction of sp³-hybridized carbons (Fsp3) is 0.429. The van der Waals surface area contributed by atoms with Crippen LogP contribution < -0.4 is 4.74 Å². The van der Waals surface area contributed by atoms with Crippen LogP contribution in [0.25, 0.3) is 0 Å². The van der Waals surface area contributed by atoms with Gasteiger partial charge in [-0.3, -0.25) is 4.90 Å². The molecule has 9 heteroatoms. The molecule has 1 aliphatic rings. The summed E-state index contributed by atoms with van der Waals surface area (Å²) in [5.74, 6) is 0.161. The third-order valence-electron chi connectivity index (χ3n) is 4.99. The van der Waals surface area contributed by atoms with Crippen molar-refractivity contribution < 1.29 is 27.4 Å². The number of aliphatic hydroxyl groups is 1. The van der Waals surface area contributed by atoms with Crippen molar-refractivity contribution in [2.75, 3.05) is 46.4 Å². The van der Waals surface area contributed by atoms with E-state index in [-0.39, 0.29) is 24.6 Å². The summed E-state index contributed by atoms with van der Waals surface area (Å²) in [6.07, 6.45) is -0.689. The van der Waals surface area contributed by atoms with E-state index in [0.29, 0.717) is 26.2 Å². The molecule has 7 nitrogen and oxygen atoms in total. The number of hydrogen-bond donors (Lipinski definition) is 1. The molecule has 0 bridgehead atoms. The van der Waals surface area contributed by atoms with Gasteiger partial charge >= 0.3 is 0 Å². The number of benzene rings is 2. The first-order valence-electron chi connectivity index (χ1n) is 9.76. The van der Waals surface area contributed by atoms with Crippen LogP contribution >= 0.6 is 0 Å². The fourth-order valence-electron chi connectivity index (χ4n) is 3.41. The average molecular weight is 439 g/mol. The summed E-state index contributed by atoms with van der Waals surface area (Å²) in [6.45, 7) is 2.43. The van der Waals surface area contributed by atoms with Crippen molar-refractivity contribution >= 4 is 10.0 Å². The van der Waals surface area contributed by atoms with Crippen LogP contribution in [-0.2, 0) is 21.4 Å². The molecule has 0 aliphatic carbocycles. The van der Waals surface area contributed by atoms with Crippen LogP contribution in [0.15, 0.2) is 53.4 Å². The predicted molar refractivity (Wildman–Crippen MR) is 110 cm³/mol. The second-order valence-corrected chi connectivity index (χ2v) is 9.08. The maximum Gasteiger partial charge on any atom is 0.243 e. The van der Waals surface area contributed by atoms with Crippen molar-refractivity contribution in [1.29, 1.82) is 0 Å². The summed E-state index contributed by atoms with van der Waals surface area (Å²) in [7, 11) is -2.12. The van der Waals surface area contributed by atoms with Gasteiger partial charge in [-0.15, -0.1) is 0 Å². The zero-order chi connectivity index (χ0) is 21.6. The van der Waals surface area contributed by atoms with Crippen LogP contribution in [0.3, 0.4) is 0 Å². The number of rotatable bonds is 9. The number of aliphatic hydroxyl groups excluding tert-OH is 1. The first-order chi connectivity index (χ1) is 14.4. The highest BCUT2D eigenvalue weighted by atomic mass is 32.2. The molecule has 164 valence electrons. The van der Waals surface area contributed by atoms with Crippen LogP contribution in [0, 0.1) is 5.82 Å². The van der Waals surface area contributed by atoms with E-state index >= 15 is 0 Å². The molecule has 1 atom stereocenters. The molecule has 2 aromatic carbocycles. The number of halogens is 1. The molecule has 0 radical (unpaired) electrons. The normalized spacial score (nSPS) is 17.0. The lowest BCUT2D eigenvalue weighted by Crippen LogP contribution is -2.50. The summed E-state index contributed by atoms with van der Waals surface area (Å²) in [6, 6.07) is 12.6. The van der Waals surface area contributed by atoms with Crippen LogP contribution in [0.2, 0.25) is 0 Å². The topological polar surface area (TPSA) is 79.3 Å². The van der Waals surface area contributed by atoms with Crippen molar-refractivity contribution in [3.63, 3.8) is 0 Å². The Kier molecular flexibility index (Phi) is 7.79. The minimum Gasteiger partial charge on any atom is -0.496 e. The van der Waals surface area contributed by atoms with E-state index in [1.807, 2.05) is 29.2 Å². The number of ether oxygens (including phenoxy) is 2. The van der Waals surface area contributed by atoms with Crippen molar-refractivity contribution in [3.8, 4) is 5.75 Å². The lowest BCUT2D eigenvalue weighted by atomic mass is 10.2. The number of hydrogen-bond acceptors (Lipinski definition) is 6. The van der Waals surface area contributed by atoms with Crippen LogP contribution in [0.1, 0.15) is 5.56 Å². The summed E-state index contributed by atoms with van der Waals surface area (Å²) in [4.78, 5) is 1.95. The zero-order valence-electron chi connectivity index (χ0n) is 16.9. The molecule has 0 saturated carbocycles. The molecule has 1 heterocycles. The average Bonchev–Trinajstić information content (AvgIpc) is 2.74. The number of para-hydroxylation sites is 1. The fourth-order valence-corrected chi connectivity index (χ4v) is 4.86. The quantitative estimate of drug-likeness (QED) is 0.642. The minimum atomic E-state index is -3.72. The van der Waals surface area contributed by atoms with Gasteiger partial charge in [-0.25, -0.2) is 12.8 Å². The van der Waals surface area contributed by atoms with Gasteiger partial charge < -0.3 is 14.6 Å². The number of methoxy groups -OCH3 is 1. The van der Waals surface area contributed by atoms with Gasteiger partial charge in [-0.1, -0.05) is 24.3 Å². The monoisotopic (exact) mass is 438 g/mol. The third kappa shape index (κ3) is 5.77. The maximum atomic E-state index is 13.4. The van der Waals surface area contributed by atoms with Gasteiger partial charge in [-0.05, 0) is 24.3 Å². The van der Waals surface area contributed by atoms with Gasteiger partial charge in [0.2, 0.25) is 10.0 Å². The van der Waals surface area contributed by atoms with Crippen molar-refractivity contribution in [1.82, 2.24) is 9.21 Å². The van der Waals surface area contributed by atoms with Gasteiger partial charge in [0.1, 0.15) is 11.6 Å². The molecule has 30 heavy (non-hydrogen) atoms. The van der Waals surface area contributed by atoms with E-state index in [1.165, 1.54) is 22.5 Å². The Morgan fingerprint density at radius 3 is 2.53 bits per heavy atom. The molecule has 3 rings (SSSR count). The summed E-state index contributed by atoms with van der Waals surface area (Å²) >= 11 is 0. The number of nitrogens with zero attached hydrogens (tertiary/aromatic N) is 2. The Morgan fingerprint density at radius 2 is 1.83 bits per heavy atom. The van der Waals surface area contributed by atoms with Gasteiger partial charge in [0.15, 0.2) is 0 Å².